The molecule has 2 aliphatic heterocycles. The van der Waals surface area contributed by atoms with Gasteiger partial charge in [0.25, 0.3) is 5.91 Å². The van der Waals surface area contributed by atoms with Crippen LogP contribution in [0.3, 0.4) is 0 Å². The molecule has 1 N–H and O–H groups in total. The lowest BCUT2D eigenvalue weighted by atomic mass is 9.76. The highest BCUT2D eigenvalue weighted by atomic mass is 16.5. The number of hydrogen-bond donors (Lipinski definition) is 1. The van der Waals surface area contributed by atoms with Crippen LogP contribution in [0, 0.1) is 11.3 Å². The van der Waals surface area contributed by atoms with Crippen LogP contribution in [0.1, 0.15) is 54.6 Å². The van der Waals surface area contributed by atoms with Crippen LogP contribution in [-0.4, -0.2) is 69.6 Å². The number of carbonyl (C=O) groups excluding carboxylic acids is 3. The van der Waals surface area contributed by atoms with Crippen molar-refractivity contribution in [2.24, 2.45) is 11.3 Å². The van der Waals surface area contributed by atoms with Crippen molar-refractivity contribution in [1.82, 2.24) is 19.8 Å². The van der Waals surface area contributed by atoms with E-state index in [0.717, 1.165) is 34.2 Å². The van der Waals surface area contributed by atoms with Crippen LogP contribution in [0.25, 0.3) is 22.0 Å². The van der Waals surface area contributed by atoms with Crippen LogP contribution < -0.4 is 4.74 Å². The Morgan fingerprint density at radius 3 is 2.36 bits per heavy atom. The minimum Gasteiger partial charge on any atom is -0.496 e. The number of Topliss-reactive ketones (excluding diaryl/α,β-unsaturated/α-hetero) is 1. The summed E-state index contributed by atoms with van der Waals surface area (Å²) in [4.78, 5) is 52.1. The van der Waals surface area contributed by atoms with Gasteiger partial charge in [0.1, 0.15) is 11.4 Å². The van der Waals surface area contributed by atoms with E-state index in [-0.39, 0.29) is 36.1 Å². The summed E-state index contributed by atoms with van der Waals surface area (Å²) in [6, 6.07) is 20.9. The minimum absolute atomic E-state index is 0.00848. The average Bonchev–Trinajstić information content (AvgIpc) is 3.73. The van der Waals surface area contributed by atoms with Crippen molar-refractivity contribution in [1.29, 1.82) is 0 Å². The molecule has 0 saturated carbocycles. The Labute approximate surface area is 245 Å². The summed E-state index contributed by atoms with van der Waals surface area (Å²) in [5.41, 5.74) is 3.21. The molecule has 0 radical (unpaired) electrons. The first-order valence-corrected chi connectivity index (χ1v) is 14.5. The number of rotatable bonds is 7. The van der Waals surface area contributed by atoms with Crippen molar-refractivity contribution < 1.29 is 19.1 Å². The summed E-state index contributed by atoms with van der Waals surface area (Å²) in [6.07, 6.45) is 2.57. The van der Waals surface area contributed by atoms with E-state index in [2.05, 4.69) is 9.97 Å². The standard InChI is InChI=1S/C34H36N4O4/c1-34(2,3)26(17-30(39)29-15-21-9-5-7-11-27(21)36-29)32(40)37-19-24-16-23(37)20-38(24)33(41)28-14-13-22(18-35-28)25-10-6-8-12-31(25)42-4/h5-15,18,23-24,26,36H,16-17,19-20H2,1-4H3/t23-,24-,26+/m0/s1. The molecule has 2 aromatic carbocycles. The second-order valence-electron chi connectivity index (χ2n) is 12.4. The molecule has 0 unspecified atom stereocenters. The molecule has 8 heteroatoms. The number of ketones is 1. The van der Waals surface area contributed by atoms with Gasteiger partial charge >= 0.3 is 0 Å². The second-order valence-corrected chi connectivity index (χ2v) is 12.4. The first kappa shape index (κ1) is 27.7. The van der Waals surface area contributed by atoms with Crippen LogP contribution in [-0.2, 0) is 4.79 Å². The van der Waals surface area contributed by atoms with Gasteiger partial charge in [0.15, 0.2) is 5.78 Å². The maximum absolute atomic E-state index is 13.9. The number of piperazine rings is 1. The van der Waals surface area contributed by atoms with Gasteiger partial charge in [0, 0.05) is 47.7 Å². The van der Waals surface area contributed by atoms with Gasteiger partial charge in [-0.1, -0.05) is 63.2 Å². The first-order valence-electron chi connectivity index (χ1n) is 14.5. The number of H-pyrrole nitrogens is 1. The number of benzene rings is 2. The highest BCUT2D eigenvalue weighted by Gasteiger charge is 2.50. The Bertz CT molecular complexity index is 1620. The molecule has 2 fully saturated rings. The molecule has 2 aromatic heterocycles. The molecule has 4 aromatic rings. The zero-order valence-corrected chi connectivity index (χ0v) is 24.5. The molecule has 8 nitrogen and oxygen atoms in total. The van der Waals surface area contributed by atoms with Gasteiger partial charge in [-0.3, -0.25) is 19.4 Å². The third kappa shape index (κ3) is 5.06. The van der Waals surface area contributed by atoms with E-state index in [1.54, 1.807) is 19.4 Å². The molecule has 4 heterocycles. The van der Waals surface area contributed by atoms with Crippen LogP contribution in [0.15, 0.2) is 72.9 Å². The molecule has 6 rings (SSSR count). The van der Waals surface area contributed by atoms with E-state index in [1.165, 1.54) is 0 Å². The number of aromatic nitrogens is 2. The fourth-order valence-corrected chi connectivity index (χ4v) is 6.38. The third-order valence-corrected chi connectivity index (χ3v) is 8.75. The minimum atomic E-state index is -0.468. The zero-order chi connectivity index (χ0) is 29.6. The lowest BCUT2D eigenvalue weighted by Gasteiger charge is -2.39. The monoisotopic (exact) mass is 564 g/mol. The summed E-state index contributed by atoms with van der Waals surface area (Å²) in [7, 11) is 1.63. The van der Waals surface area contributed by atoms with Crippen molar-refractivity contribution in [2.75, 3.05) is 20.2 Å². The number of fused-ring (bicyclic) bond motifs is 3. The molecular weight excluding hydrogens is 528 g/mol. The molecule has 216 valence electrons. The van der Waals surface area contributed by atoms with E-state index < -0.39 is 11.3 Å². The fourth-order valence-electron chi connectivity index (χ4n) is 6.38. The Balaban J connectivity index is 1.13. The zero-order valence-electron chi connectivity index (χ0n) is 24.5. The molecule has 0 aliphatic carbocycles. The third-order valence-electron chi connectivity index (χ3n) is 8.75. The van der Waals surface area contributed by atoms with Crippen molar-refractivity contribution in [3.8, 4) is 16.9 Å². The van der Waals surface area contributed by atoms with Gasteiger partial charge in [-0.15, -0.1) is 0 Å². The molecular formula is C34H36N4O4. The van der Waals surface area contributed by atoms with Crippen molar-refractivity contribution >= 4 is 28.5 Å². The molecule has 2 saturated heterocycles. The van der Waals surface area contributed by atoms with Crippen LogP contribution in [0.2, 0.25) is 0 Å². The summed E-state index contributed by atoms with van der Waals surface area (Å²) >= 11 is 0. The number of amides is 2. The lowest BCUT2D eigenvalue weighted by molar-refractivity contribution is -0.141. The van der Waals surface area contributed by atoms with Crippen LogP contribution >= 0.6 is 0 Å². The maximum atomic E-state index is 13.9. The van der Waals surface area contributed by atoms with E-state index in [0.29, 0.717) is 24.5 Å². The summed E-state index contributed by atoms with van der Waals surface area (Å²) in [5, 5.41) is 0.977. The largest absolute Gasteiger partial charge is 0.496 e. The van der Waals surface area contributed by atoms with Gasteiger partial charge in [0.2, 0.25) is 5.91 Å². The lowest BCUT2D eigenvalue weighted by Crippen LogP contribution is -2.53. The second kappa shape index (κ2) is 10.7. The number of hydrogen-bond acceptors (Lipinski definition) is 5. The van der Waals surface area contributed by atoms with E-state index in [4.69, 9.17) is 4.74 Å². The van der Waals surface area contributed by atoms with Gasteiger partial charge < -0.3 is 19.5 Å². The normalized spacial score (nSPS) is 18.9. The molecule has 0 spiro atoms. The SMILES string of the molecule is COc1ccccc1-c1ccc(C(=O)N2C[C@@H]3C[C@H]2CN3C(=O)[C@@H](CC(=O)c2cc3ccccc3[nH]2)C(C)(C)C)nc1. The van der Waals surface area contributed by atoms with Gasteiger partial charge in [0.05, 0.1) is 30.8 Å². The molecule has 42 heavy (non-hydrogen) atoms. The topological polar surface area (TPSA) is 95.6 Å². The van der Waals surface area contributed by atoms with Crippen LogP contribution in [0.4, 0.5) is 0 Å². The molecule has 3 atom stereocenters. The summed E-state index contributed by atoms with van der Waals surface area (Å²) < 4.78 is 5.46. The number of nitrogens with zero attached hydrogens (tertiary/aromatic N) is 3. The van der Waals surface area contributed by atoms with Gasteiger partial charge in [-0.2, -0.15) is 0 Å². The number of likely N-dealkylation sites (tertiary alicyclic amines) is 2. The smallest absolute Gasteiger partial charge is 0.272 e. The number of nitrogens with one attached hydrogen (secondary N) is 1. The summed E-state index contributed by atoms with van der Waals surface area (Å²) in [6.45, 7) is 6.98. The highest BCUT2D eigenvalue weighted by molar-refractivity contribution is 6.01. The van der Waals surface area contributed by atoms with Crippen LogP contribution in [0.5, 0.6) is 5.75 Å². The average molecular weight is 565 g/mol. The Hall–Kier alpha value is -4.46. The Kier molecular flexibility index (Phi) is 7.09. The number of para-hydroxylation sites is 2. The van der Waals surface area contributed by atoms with Gasteiger partial charge in [-0.25, -0.2) is 0 Å². The fraction of sp³-hybridized carbons (Fsp3) is 0.353. The Morgan fingerprint density at radius 2 is 1.69 bits per heavy atom. The molecule has 2 bridgehead atoms. The number of pyridine rings is 1. The Morgan fingerprint density at radius 1 is 0.976 bits per heavy atom. The molecule has 2 amide bonds. The van der Waals surface area contributed by atoms with E-state index in [1.807, 2.05) is 91.2 Å². The van der Waals surface area contributed by atoms with E-state index >= 15 is 0 Å². The van der Waals surface area contributed by atoms with Gasteiger partial charge in [-0.05, 0) is 36.1 Å². The maximum Gasteiger partial charge on any atom is 0.272 e. The number of ether oxygens (including phenoxy) is 1. The van der Waals surface area contributed by atoms with Crippen molar-refractivity contribution in [2.45, 2.75) is 45.7 Å². The summed E-state index contributed by atoms with van der Waals surface area (Å²) in [5.74, 6) is 0.0809. The van der Waals surface area contributed by atoms with Crippen molar-refractivity contribution in [3.05, 3.63) is 84.3 Å². The first-order chi connectivity index (χ1) is 20.1. The predicted octanol–water partition coefficient (Wildman–Crippen LogP) is 5.60. The van der Waals surface area contributed by atoms with E-state index in [9.17, 15) is 14.4 Å². The predicted molar refractivity (Wildman–Crippen MR) is 161 cm³/mol. The number of aromatic amines is 1. The number of methoxy groups -OCH3 is 1. The highest BCUT2D eigenvalue weighted by Crippen LogP contribution is 2.38. The molecule has 2 aliphatic rings. The quantitative estimate of drug-likeness (QED) is 0.295. The number of carbonyl (C=O) groups is 3. The van der Waals surface area contributed by atoms with Crippen molar-refractivity contribution in [3.63, 3.8) is 0 Å².